The van der Waals surface area contributed by atoms with Gasteiger partial charge in [0, 0.05) is 25.7 Å². The molecule has 1 aliphatic heterocycles. The molecule has 2 rings (SSSR count). The summed E-state index contributed by atoms with van der Waals surface area (Å²) in [6.45, 7) is 4.91. The van der Waals surface area contributed by atoms with Crippen molar-refractivity contribution in [2.45, 2.75) is 26.0 Å². The summed E-state index contributed by atoms with van der Waals surface area (Å²) in [4.78, 5) is 6.44. The zero-order valence-corrected chi connectivity index (χ0v) is 8.94. The quantitative estimate of drug-likeness (QED) is 0.725. The van der Waals surface area contributed by atoms with E-state index >= 15 is 0 Å². The van der Waals surface area contributed by atoms with E-state index in [1.54, 1.807) is 0 Å². The van der Waals surface area contributed by atoms with Gasteiger partial charge in [-0.25, -0.2) is 0 Å². The lowest BCUT2D eigenvalue weighted by atomic mass is 10.3. The average molecular weight is 211 g/mol. The summed E-state index contributed by atoms with van der Waals surface area (Å²) in [5.74, 6) is 1.50. The first-order valence-corrected chi connectivity index (χ1v) is 5.29. The minimum absolute atomic E-state index is 0.249. The fourth-order valence-electron chi connectivity index (χ4n) is 1.66. The second kappa shape index (κ2) is 4.59. The highest BCUT2D eigenvalue weighted by atomic mass is 16.5. The number of hydrogen-bond acceptors (Lipinski definition) is 5. The Morgan fingerprint density at radius 1 is 1.67 bits per heavy atom. The molecule has 0 saturated carbocycles. The Labute approximate surface area is 88.8 Å². The Hall–Kier alpha value is -1.14. The SMILES string of the molecule is CCOCc1nc(N2CCC(N)C2)n[nH]1. The van der Waals surface area contributed by atoms with Gasteiger partial charge in [-0.2, -0.15) is 4.98 Å². The van der Waals surface area contributed by atoms with Gasteiger partial charge in [-0.15, -0.1) is 5.10 Å². The summed E-state index contributed by atoms with van der Waals surface area (Å²) in [6.07, 6.45) is 1.01. The molecule has 1 aromatic heterocycles. The molecule has 1 atom stereocenters. The summed E-state index contributed by atoms with van der Waals surface area (Å²) in [5.41, 5.74) is 5.82. The summed E-state index contributed by atoms with van der Waals surface area (Å²) >= 11 is 0. The normalized spacial score (nSPS) is 21.2. The second-order valence-electron chi connectivity index (χ2n) is 3.71. The molecular formula is C9H17N5O. The minimum atomic E-state index is 0.249. The van der Waals surface area contributed by atoms with E-state index in [9.17, 15) is 0 Å². The molecule has 1 fully saturated rings. The van der Waals surface area contributed by atoms with Gasteiger partial charge in [-0.3, -0.25) is 5.10 Å². The van der Waals surface area contributed by atoms with Crippen molar-refractivity contribution in [3.8, 4) is 0 Å². The van der Waals surface area contributed by atoms with Crippen molar-refractivity contribution in [3.05, 3.63) is 5.82 Å². The molecule has 3 N–H and O–H groups in total. The van der Waals surface area contributed by atoms with Crippen LogP contribution >= 0.6 is 0 Å². The van der Waals surface area contributed by atoms with Crippen LogP contribution < -0.4 is 10.6 Å². The van der Waals surface area contributed by atoms with E-state index < -0.39 is 0 Å². The molecule has 6 heteroatoms. The van der Waals surface area contributed by atoms with E-state index in [1.807, 2.05) is 6.92 Å². The van der Waals surface area contributed by atoms with Crippen LogP contribution in [-0.2, 0) is 11.3 Å². The molecule has 6 nitrogen and oxygen atoms in total. The summed E-state index contributed by atoms with van der Waals surface area (Å²) in [6, 6.07) is 0.249. The van der Waals surface area contributed by atoms with Gasteiger partial charge in [-0.1, -0.05) is 0 Å². The third-order valence-electron chi connectivity index (χ3n) is 2.47. The molecule has 0 bridgehead atoms. The van der Waals surface area contributed by atoms with Crippen LogP contribution in [0.15, 0.2) is 0 Å². The Kier molecular flexibility index (Phi) is 3.17. The number of nitrogens with zero attached hydrogens (tertiary/aromatic N) is 3. The number of hydrogen-bond donors (Lipinski definition) is 2. The van der Waals surface area contributed by atoms with Gasteiger partial charge in [0.15, 0.2) is 5.82 Å². The van der Waals surface area contributed by atoms with Crippen molar-refractivity contribution < 1.29 is 4.74 Å². The molecule has 1 aliphatic rings. The monoisotopic (exact) mass is 211 g/mol. The van der Waals surface area contributed by atoms with Crippen LogP contribution in [0.5, 0.6) is 0 Å². The first-order chi connectivity index (χ1) is 7.29. The predicted octanol–water partition coefficient (Wildman–Crippen LogP) is -0.121. The molecule has 84 valence electrons. The van der Waals surface area contributed by atoms with Gasteiger partial charge < -0.3 is 15.4 Å². The Morgan fingerprint density at radius 3 is 3.20 bits per heavy atom. The molecule has 1 unspecified atom stereocenters. The van der Waals surface area contributed by atoms with Crippen LogP contribution in [0, 0.1) is 0 Å². The number of H-pyrrole nitrogens is 1. The molecule has 15 heavy (non-hydrogen) atoms. The fourth-order valence-corrected chi connectivity index (χ4v) is 1.66. The van der Waals surface area contributed by atoms with Crippen LogP contribution in [0.1, 0.15) is 19.2 Å². The lowest BCUT2D eigenvalue weighted by Crippen LogP contribution is -2.27. The van der Waals surface area contributed by atoms with E-state index in [0.29, 0.717) is 13.2 Å². The van der Waals surface area contributed by atoms with Crippen molar-refractivity contribution in [1.82, 2.24) is 15.2 Å². The lowest BCUT2D eigenvalue weighted by molar-refractivity contribution is 0.128. The van der Waals surface area contributed by atoms with Crippen molar-refractivity contribution in [2.24, 2.45) is 5.73 Å². The standard InChI is InChI=1S/C9H17N5O/c1-2-15-6-8-11-9(13-12-8)14-4-3-7(10)5-14/h7H,2-6,10H2,1H3,(H,11,12,13). The average Bonchev–Trinajstić information content (AvgIpc) is 2.83. The third-order valence-corrected chi connectivity index (χ3v) is 2.47. The molecule has 0 radical (unpaired) electrons. The topological polar surface area (TPSA) is 80.1 Å². The zero-order valence-electron chi connectivity index (χ0n) is 8.94. The summed E-state index contributed by atoms with van der Waals surface area (Å²) < 4.78 is 5.24. The van der Waals surface area contributed by atoms with Gasteiger partial charge in [0.05, 0.1) is 0 Å². The van der Waals surface area contributed by atoms with Gasteiger partial charge in [0.2, 0.25) is 5.95 Å². The number of nitrogens with two attached hydrogens (primary N) is 1. The van der Waals surface area contributed by atoms with Gasteiger partial charge in [0.25, 0.3) is 0 Å². The number of ether oxygens (including phenoxy) is 1. The number of nitrogens with one attached hydrogen (secondary N) is 1. The van der Waals surface area contributed by atoms with Gasteiger partial charge in [0.1, 0.15) is 6.61 Å². The Balaban J connectivity index is 1.94. The zero-order chi connectivity index (χ0) is 10.7. The highest BCUT2D eigenvalue weighted by Gasteiger charge is 2.22. The maximum absolute atomic E-state index is 5.82. The van der Waals surface area contributed by atoms with E-state index in [4.69, 9.17) is 10.5 Å². The van der Waals surface area contributed by atoms with Crippen LogP contribution in [0.4, 0.5) is 5.95 Å². The number of rotatable bonds is 4. The van der Waals surface area contributed by atoms with Gasteiger partial charge in [-0.05, 0) is 13.3 Å². The van der Waals surface area contributed by atoms with Crippen LogP contribution in [-0.4, -0.2) is 40.9 Å². The molecule has 0 spiro atoms. The molecule has 1 aromatic rings. The van der Waals surface area contributed by atoms with E-state index in [0.717, 1.165) is 31.3 Å². The van der Waals surface area contributed by atoms with E-state index in [-0.39, 0.29) is 6.04 Å². The van der Waals surface area contributed by atoms with Crippen molar-refractivity contribution in [3.63, 3.8) is 0 Å². The number of aromatic nitrogens is 3. The number of aromatic amines is 1. The van der Waals surface area contributed by atoms with Crippen molar-refractivity contribution in [2.75, 3.05) is 24.6 Å². The van der Waals surface area contributed by atoms with E-state index in [2.05, 4.69) is 20.1 Å². The van der Waals surface area contributed by atoms with E-state index in [1.165, 1.54) is 0 Å². The minimum Gasteiger partial charge on any atom is -0.374 e. The summed E-state index contributed by atoms with van der Waals surface area (Å²) in [7, 11) is 0. The highest BCUT2D eigenvalue weighted by molar-refractivity contribution is 5.31. The Morgan fingerprint density at radius 2 is 2.53 bits per heavy atom. The van der Waals surface area contributed by atoms with Crippen molar-refractivity contribution in [1.29, 1.82) is 0 Å². The second-order valence-corrected chi connectivity index (χ2v) is 3.71. The maximum Gasteiger partial charge on any atom is 0.244 e. The van der Waals surface area contributed by atoms with Crippen LogP contribution in [0.2, 0.25) is 0 Å². The molecule has 0 aliphatic carbocycles. The number of anilines is 1. The fraction of sp³-hybridized carbons (Fsp3) is 0.778. The summed E-state index contributed by atoms with van der Waals surface area (Å²) in [5, 5.41) is 7.00. The van der Waals surface area contributed by atoms with Crippen LogP contribution in [0.25, 0.3) is 0 Å². The van der Waals surface area contributed by atoms with Gasteiger partial charge >= 0.3 is 0 Å². The molecule has 1 saturated heterocycles. The smallest absolute Gasteiger partial charge is 0.244 e. The lowest BCUT2D eigenvalue weighted by Gasteiger charge is -2.11. The molecular weight excluding hydrogens is 194 g/mol. The largest absolute Gasteiger partial charge is 0.374 e. The molecule has 2 heterocycles. The maximum atomic E-state index is 5.82. The first-order valence-electron chi connectivity index (χ1n) is 5.29. The van der Waals surface area contributed by atoms with Crippen molar-refractivity contribution >= 4 is 5.95 Å². The molecule has 0 amide bonds. The van der Waals surface area contributed by atoms with Crippen LogP contribution in [0.3, 0.4) is 0 Å². The first kappa shape index (κ1) is 10.4. The molecule has 0 aromatic carbocycles. The highest BCUT2D eigenvalue weighted by Crippen LogP contribution is 2.14. The Bertz CT molecular complexity index is 313. The predicted molar refractivity (Wildman–Crippen MR) is 56.5 cm³/mol. The third kappa shape index (κ3) is 2.45.